The number of ether oxygens (including phenoxy) is 2. The first-order valence-electron chi connectivity index (χ1n) is 5.64. The minimum atomic E-state index is 0.316. The Bertz CT molecular complexity index is 710. The summed E-state index contributed by atoms with van der Waals surface area (Å²) in [7, 11) is 3.10. The summed E-state index contributed by atoms with van der Waals surface area (Å²) < 4.78 is 15.8. The summed E-state index contributed by atoms with van der Waals surface area (Å²) in [5.41, 5.74) is 2.29. The second-order valence-electron chi connectivity index (χ2n) is 3.82. The number of pyridine rings is 1. The van der Waals surface area contributed by atoms with Crippen molar-refractivity contribution in [3.8, 4) is 22.8 Å². The molecule has 1 aromatic carbocycles. The molecule has 0 aliphatic heterocycles. The summed E-state index contributed by atoms with van der Waals surface area (Å²) in [6.07, 6.45) is 0. The maximum atomic E-state index is 5.40. The van der Waals surface area contributed by atoms with E-state index >= 15 is 0 Å². The molecule has 0 N–H and O–H groups in total. The molecule has 0 aliphatic rings. The van der Waals surface area contributed by atoms with Crippen molar-refractivity contribution < 1.29 is 14.0 Å². The van der Waals surface area contributed by atoms with Crippen LogP contribution < -0.4 is 9.47 Å². The van der Waals surface area contributed by atoms with Gasteiger partial charge in [0, 0.05) is 10.8 Å². The van der Waals surface area contributed by atoms with Crippen LogP contribution in [0.3, 0.4) is 0 Å². The molecule has 0 saturated heterocycles. The lowest BCUT2D eigenvalue weighted by molar-refractivity contribution is 0.357. The van der Waals surface area contributed by atoms with Gasteiger partial charge in [-0.15, -0.1) is 5.10 Å². The largest absolute Gasteiger partial charge is 0.491 e. The Labute approximate surface area is 109 Å². The molecule has 0 bridgehead atoms. The van der Waals surface area contributed by atoms with Gasteiger partial charge in [-0.2, -0.15) is 0 Å². The predicted octanol–water partition coefficient (Wildman–Crippen LogP) is 2.30. The summed E-state index contributed by atoms with van der Waals surface area (Å²) in [4.78, 5) is 4.39. The van der Waals surface area contributed by atoms with E-state index in [0.29, 0.717) is 28.4 Å². The van der Waals surface area contributed by atoms with Gasteiger partial charge in [0.25, 0.3) is 5.71 Å². The molecular formula is C13H11N3O3. The van der Waals surface area contributed by atoms with Gasteiger partial charge in [-0.3, -0.25) is 0 Å². The van der Waals surface area contributed by atoms with E-state index in [9.17, 15) is 0 Å². The van der Waals surface area contributed by atoms with Crippen molar-refractivity contribution >= 4 is 11.2 Å². The van der Waals surface area contributed by atoms with Gasteiger partial charge in [-0.05, 0) is 0 Å². The van der Waals surface area contributed by atoms with Gasteiger partial charge < -0.3 is 14.0 Å². The van der Waals surface area contributed by atoms with Gasteiger partial charge in [-0.25, -0.2) is 4.98 Å². The normalized spacial score (nSPS) is 10.6. The molecule has 3 aromatic rings. The molecule has 0 amide bonds. The van der Waals surface area contributed by atoms with E-state index in [0.717, 1.165) is 5.56 Å². The predicted molar refractivity (Wildman–Crippen MR) is 68.1 cm³/mol. The third-order valence-electron chi connectivity index (χ3n) is 2.78. The highest BCUT2D eigenvalue weighted by molar-refractivity contribution is 5.85. The van der Waals surface area contributed by atoms with Crippen molar-refractivity contribution in [1.29, 1.82) is 0 Å². The molecule has 2 aromatic heterocycles. The zero-order valence-electron chi connectivity index (χ0n) is 10.5. The number of fused-ring (bicyclic) bond motifs is 1. The minimum Gasteiger partial charge on any atom is -0.491 e. The van der Waals surface area contributed by atoms with Crippen molar-refractivity contribution in [2.45, 2.75) is 0 Å². The van der Waals surface area contributed by atoms with Crippen LogP contribution in [-0.4, -0.2) is 29.6 Å². The molecule has 96 valence electrons. The molecule has 0 atom stereocenters. The molecule has 6 nitrogen and oxygen atoms in total. The highest BCUT2D eigenvalue weighted by Gasteiger charge is 2.21. The van der Waals surface area contributed by atoms with Crippen molar-refractivity contribution in [2.75, 3.05) is 14.2 Å². The number of nitrogens with zero attached hydrogens (tertiary/aromatic N) is 3. The van der Waals surface area contributed by atoms with Gasteiger partial charge in [0.05, 0.1) is 14.2 Å². The molecule has 0 aliphatic carbocycles. The van der Waals surface area contributed by atoms with Crippen LogP contribution in [0.2, 0.25) is 0 Å². The van der Waals surface area contributed by atoms with Gasteiger partial charge >= 0.3 is 0 Å². The fourth-order valence-corrected chi connectivity index (χ4v) is 1.94. The number of hydrogen-bond acceptors (Lipinski definition) is 6. The highest BCUT2D eigenvalue weighted by atomic mass is 16.5. The zero-order valence-corrected chi connectivity index (χ0v) is 10.5. The summed E-state index contributed by atoms with van der Waals surface area (Å²) >= 11 is 0. The van der Waals surface area contributed by atoms with Crippen LogP contribution in [0, 0.1) is 0 Å². The fourth-order valence-electron chi connectivity index (χ4n) is 1.94. The van der Waals surface area contributed by atoms with E-state index in [4.69, 9.17) is 14.0 Å². The topological polar surface area (TPSA) is 70.3 Å². The van der Waals surface area contributed by atoms with E-state index in [1.165, 1.54) is 0 Å². The molecule has 0 radical (unpaired) electrons. The SMILES string of the molecule is COc1c(-c2ccccc2)nc2onnc2c1OC. The molecule has 3 rings (SSSR count). The first-order valence-corrected chi connectivity index (χ1v) is 5.64. The van der Waals surface area contributed by atoms with Crippen molar-refractivity contribution in [3.05, 3.63) is 30.3 Å². The fraction of sp³-hybridized carbons (Fsp3) is 0.154. The van der Waals surface area contributed by atoms with Crippen LogP contribution in [0.5, 0.6) is 11.5 Å². The number of methoxy groups -OCH3 is 2. The van der Waals surface area contributed by atoms with Crippen LogP contribution in [0.15, 0.2) is 34.9 Å². The zero-order chi connectivity index (χ0) is 13.2. The van der Waals surface area contributed by atoms with E-state index in [2.05, 4.69) is 15.4 Å². The molecule has 0 unspecified atom stereocenters. The lowest BCUT2D eigenvalue weighted by atomic mass is 10.1. The van der Waals surface area contributed by atoms with Crippen molar-refractivity contribution in [2.24, 2.45) is 0 Å². The van der Waals surface area contributed by atoms with Crippen molar-refractivity contribution in [3.63, 3.8) is 0 Å². The van der Waals surface area contributed by atoms with E-state index in [1.807, 2.05) is 30.3 Å². The Morgan fingerprint density at radius 3 is 2.42 bits per heavy atom. The maximum Gasteiger partial charge on any atom is 0.283 e. The van der Waals surface area contributed by atoms with E-state index < -0.39 is 0 Å². The maximum absolute atomic E-state index is 5.40. The van der Waals surface area contributed by atoms with Crippen LogP contribution in [-0.2, 0) is 0 Å². The quantitative estimate of drug-likeness (QED) is 0.717. The number of aromatic nitrogens is 3. The van der Waals surface area contributed by atoms with Crippen LogP contribution in [0.4, 0.5) is 0 Å². The van der Waals surface area contributed by atoms with E-state index in [1.54, 1.807) is 14.2 Å². The summed E-state index contributed by atoms with van der Waals surface area (Å²) in [5.74, 6) is 0.976. The molecule has 0 spiro atoms. The van der Waals surface area contributed by atoms with Crippen molar-refractivity contribution in [1.82, 2.24) is 15.4 Å². The highest BCUT2D eigenvalue weighted by Crippen LogP contribution is 2.40. The first kappa shape index (κ1) is 11.5. The monoisotopic (exact) mass is 257 g/mol. The van der Waals surface area contributed by atoms with Gasteiger partial charge in [0.15, 0.2) is 17.0 Å². The van der Waals surface area contributed by atoms with Crippen LogP contribution in [0.25, 0.3) is 22.5 Å². The number of rotatable bonds is 3. The van der Waals surface area contributed by atoms with Gasteiger partial charge in [-0.1, -0.05) is 30.3 Å². The Morgan fingerprint density at radius 2 is 1.74 bits per heavy atom. The second-order valence-corrected chi connectivity index (χ2v) is 3.82. The van der Waals surface area contributed by atoms with E-state index in [-0.39, 0.29) is 0 Å². The van der Waals surface area contributed by atoms with Gasteiger partial charge in [0.1, 0.15) is 5.69 Å². The first-order chi connectivity index (χ1) is 9.35. The van der Waals surface area contributed by atoms with Crippen LogP contribution in [0.1, 0.15) is 0 Å². The average Bonchev–Trinajstić information content (AvgIpc) is 2.94. The smallest absolute Gasteiger partial charge is 0.283 e. The standard InChI is InChI=1S/C13H11N3O3/c1-17-11-9(8-6-4-3-5-7-8)14-13-10(12(11)18-2)15-16-19-13/h3-7H,1-2H3. The molecule has 2 heterocycles. The lowest BCUT2D eigenvalue weighted by Gasteiger charge is -2.11. The average molecular weight is 257 g/mol. The Morgan fingerprint density at radius 1 is 1.00 bits per heavy atom. The second kappa shape index (κ2) is 4.56. The van der Waals surface area contributed by atoms with Crippen LogP contribution >= 0.6 is 0 Å². The Hall–Kier alpha value is -2.63. The third kappa shape index (κ3) is 1.77. The summed E-state index contributed by atoms with van der Waals surface area (Å²) in [5, 5.41) is 7.35. The Balaban J connectivity index is 2.35. The third-order valence-corrected chi connectivity index (χ3v) is 2.78. The molecule has 6 heteroatoms. The Kier molecular flexibility index (Phi) is 2.75. The summed E-state index contributed by atoms with van der Waals surface area (Å²) in [6, 6.07) is 9.64. The summed E-state index contributed by atoms with van der Waals surface area (Å²) in [6.45, 7) is 0. The number of benzene rings is 1. The minimum absolute atomic E-state index is 0.316. The van der Waals surface area contributed by atoms with Gasteiger partial charge in [0.2, 0.25) is 0 Å². The number of hydrogen-bond donors (Lipinski definition) is 0. The molecule has 0 saturated carbocycles. The molecular weight excluding hydrogens is 246 g/mol. The molecule has 0 fully saturated rings. The molecule has 19 heavy (non-hydrogen) atoms. The lowest BCUT2D eigenvalue weighted by Crippen LogP contribution is -1.97.